The highest BCUT2D eigenvalue weighted by atomic mass is 32.1. The summed E-state index contributed by atoms with van der Waals surface area (Å²) in [6.45, 7) is 4.95. The Balaban J connectivity index is 1.98. The predicted molar refractivity (Wildman–Crippen MR) is 66.3 cm³/mol. The lowest BCUT2D eigenvalue weighted by Gasteiger charge is -2.34. The summed E-state index contributed by atoms with van der Waals surface area (Å²) in [6.07, 6.45) is 0.157. The number of carboxylic acid groups (broad SMARTS) is 1. The molecule has 1 unspecified atom stereocenters. The van der Waals surface area contributed by atoms with Crippen LogP contribution in [0.25, 0.3) is 0 Å². The van der Waals surface area contributed by atoms with Crippen LogP contribution in [0.3, 0.4) is 0 Å². The van der Waals surface area contributed by atoms with Gasteiger partial charge in [-0.05, 0) is 19.1 Å². The minimum absolute atomic E-state index is 0.00339. The fourth-order valence-corrected chi connectivity index (χ4v) is 2.97. The lowest BCUT2D eigenvalue weighted by atomic mass is 10.1. The van der Waals surface area contributed by atoms with E-state index in [0.29, 0.717) is 13.2 Å². The van der Waals surface area contributed by atoms with E-state index in [1.807, 2.05) is 0 Å². The van der Waals surface area contributed by atoms with Crippen molar-refractivity contribution in [1.29, 1.82) is 0 Å². The third kappa shape index (κ3) is 3.52. The molecule has 1 aromatic rings. The van der Waals surface area contributed by atoms with Crippen molar-refractivity contribution in [2.45, 2.75) is 25.9 Å². The number of carboxylic acids is 1. The van der Waals surface area contributed by atoms with Crippen LogP contribution in [0, 0.1) is 6.92 Å². The maximum atomic E-state index is 10.8. The summed E-state index contributed by atoms with van der Waals surface area (Å²) < 4.78 is 5.35. The summed E-state index contributed by atoms with van der Waals surface area (Å²) in [5.41, 5.74) is 0. The Morgan fingerprint density at radius 2 is 2.47 bits per heavy atom. The van der Waals surface area contributed by atoms with Crippen LogP contribution in [0.1, 0.15) is 16.2 Å². The number of carbonyl (C=O) groups is 1. The zero-order chi connectivity index (χ0) is 12.3. The van der Waals surface area contributed by atoms with E-state index in [0.717, 1.165) is 13.1 Å². The van der Waals surface area contributed by atoms with E-state index in [1.165, 1.54) is 9.75 Å². The number of aryl methyl sites for hydroxylation is 1. The number of rotatable bonds is 4. The first kappa shape index (κ1) is 12.5. The van der Waals surface area contributed by atoms with Crippen molar-refractivity contribution >= 4 is 17.3 Å². The van der Waals surface area contributed by atoms with E-state index in [9.17, 15) is 4.79 Å². The van der Waals surface area contributed by atoms with Crippen molar-refractivity contribution in [2.75, 3.05) is 19.8 Å². The molecule has 0 spiro atoms. The van der Waals surface area contributed by atoms with Gasteiger partial charge in [-0.25, -0.2) is 0 Å². The number of thiophene rings is 1. The Kier molecular flexibility index (Phi) is 4.15. The highest BCUT2D eigenvalue weighted by molar-refractivity contribution is 7.11. The third-order valence-electron chi connectivity index (χ3n) is 2.91. The summed E-state index contributed by atoms with van der Waals surface area (Å²) in [6, 6.07) is 4.23. The van der Waals surface area contributed by atoms with Gasteiger partial charge in [-0.15, -0.1) is 11.3 Å². The molecule has 0 aromatic carbocycles. The monoisotopic (exact) mass is 255 g/mol. The van der Waals surface area contributed by atoms with Gasteiger partial charge in [0.15, 0.2) is 0 Å². The Morgan fingerprint density at radius 3 is 3.12 bits per heavy atom. The van der Waals surface area contributed by atoms with E-state index < -0.39 is 5.97 Å². The van der Waals surface area contributed by atoms with Crippen LogP contribution in [0.5, 0.6) is 0 Å². The largest absolute Gasteiger partial charge is 0.481 e. The number of ether oxygens (including phenoxy) is 1. The van der Waals surface area contributed by atoms with Gasteiger partial charge in [0.2, 0.25) is 0 Å². The molecule has 94 valence electrons. The van der Waals surface area contributed by atoms with Crippen molar-refractivity contribution in [3.8, 4) is 0 Å². The minimum atomic E-state index is -0.757. The predicted octanol–water partition coefficient (Wildman–Crippen LogP) is 1.73. The lowest BCUT2D eigenvalue weighted by molar-refractivity contribution is -0.140. The van der Waals surface area contributed by atoms with Crippen molar-refractivity contribution in [1.82, 2.24) is 4.90 Å². The summed E-state index contributed by atoms with van der Waals surface area (Å²) in [4.78, 5) is 15.6. The van der Waals surface area contributed by atoms with E-state index in [1.54, 1.807) is 11.3 Å². The first-order valence-corrected chi connectivity index (χ1v) is 6.55. The molecule has 1 saturated heterocycles. The molecule has 2 rings (SSSR count). The van der Waals surface area contributed by atoms with Gasteiger partial charge in [-0.3, -0.25) is 9.69 Å². The average Bonchev–Trinajstić information content (AvgIpc) is 2.66. The van der Waals surface area contributed by atoms with Crippen molar-refractivity contribution < 1.29 is 14.6 Å². The quantitative estimate of drug-likeness (QED) is 0.890. The van der Waals surface area contributed by atoms with Crippen LogP contribution in [-0.4, -0.2) is 41.8 Å². The second kappa shape index (κ2) is 5.62. The molecule has 1 aliphatic rings. The topological polar surface area (TPSA) is 49.8 Å². The van der Waals surface area contributed by atoms with Crippen molar-refractivity contribution in [2.24, 2.45) is 0 Å². The van der Waals surface area contributed by atoms with E-state index >= 15 is 0 Å². The van der Waals surface area contributed by atoms with Gasteiger partial charge >= 0.3 is 5.97 Å². The van der Waals surface area contributed by atoms with Gasteiger partial charge in [0.1, 0.15) is 0 Å². The van der Waals surface area contributed by atoms with Crippen LogP contribution in [0.4, 0.5) is 0 Å². The molecular formula is C12H17NO3S. The normalized spacial score (nSPS) is 21.6. The van der Waals surface area contributed by atoms with Crippen LogP contribution >= 0.6 is 11.3 Å². The van der Waals surface area contributed by atoms with Crippen LogP contribution in [0.15, 0.2) is 12.1 Å². The first-order chi connectivity index (χ1) is 8.15. The number of hydrogen-bond donors (Lipinski definition) is 1. The molecule has 5 heteroatoms. The molecule has 17 heavy (non-hydrogen) atoms. The van der Waals surface area contributed by atoms with Crippen LogP contribution in [0.2, 0.25) is 0 Å². The molecule has 1 fully saturated rings. The van der Waals surface area contributed by atoms with Gasteiger partial charge in [0, 0.05) is 28.9 Å². The molecule has 0 saturated carbocycles. The minimum Gasteiger partial charge on any atom is -0.481 e. The first-order valence-electron chi connectivity index (χ1n) is 5.74. The van der Waals surface area contributed by atoms with Gasteiger partial charge in [0.05, 0.1) is 19.6 Å². The highest BCUT2D eigenvalue weighted by Gasteiger charge is 2.25. The molecule has 1 aliphatic heterocycles. The Labute approximate surface area is 105 Å². The molecule has 0 amide bonds. The lowest BCUT2D eigenvalue weighted by Crippen LogP contribution is -2.45. The maximum absolute atomic E-state index is 10.8. The molecule has 0 aliphatic carbocycles. The van der Waals surface area contributed by atoms with Crippen LogP contribution < -0.4 is 0 Å². The Hall–Kier alpha value is -0.910. The van der Waals surface area contributed by atoms with E-state index in [4.69, 9.17) is 9.84 Å². The molecule has 2 heterocycles. The molecule has 0 bridgehead atoms. The van der Waals surface area contributed by atoms with Gasteiger partial charge in [0.25, 0.3) is 0 Å². The molecule has 0 radical (unpaired) electrons. The number of hydrogen-bond acceptors (Lipinski definition) is 4. The summed E-state index contributed by atoms with van der Waals surface area (Å²) in [5, 5.41) is 8.87. The fourth-order valence-electron chi connectivity index (χ4n) is 2.06. The molecule has 1 N–H and O–H groups in total. The zero-order valence-corrected chi connectivity index (χ0v) is 10.7. The Bertz CT molecular complexity index is 391. The third-order valence-corrected chi connectivity index (χ3v) is 3.90. The summed E-state index contributed by atoms with van der Waals surface area (Å²) >= 11 is 1.77. The fraction of sp³-hybridized carbons (Fsp3) is 0.583. The summed E-state index contributed by atoms with van der Waals surface area (Å²) in [7, 11) is 0. The van der Waals surface area contributed by atoms with E-state index in [-0.39, 0.29) is 12.5 Å². The highest BCUT2D eigenvalue weighted by Crippen LogP contribution is 2.20. The second-order valence-corrected chi connectivity index (χ2v) is 5.68. The molecule has 1 aromatic heterocycles. The Morgan fingerprint density at radius 1 is 1.65 bits per heavy atom. The zero-order valence-electron chi connectivity index (χ0n) is 9.89. The number of nitrogens with zero attached hydrogens (tertiary/aromatic N) is 1. The number of morpholine rings is 1. The molecular weight excluding hydrogens is 238 g/mol. The summed E-state index contributed by atoms with van der Waals surface area (Å²) in [5.74, 6) is -0.757. The van der Waals surface area contributed by atoms with Gasteiger partial charge < -0.3 is 9.84 Å². The molecule has 1 atom stereocenters. The van der Waals surface area contributed by atoms with Gasteiger partial charge in [-0.2, -0.15) is 0 Å². The second-order valence-electron chi connectivity index (χ2n) is 4.31. The smallest absolute Gasteiger partial charge is 0.305 e. The average molecular weight is 255 g/mol. The van der Waals surface area contributed by atoms with Crippen molar-refractivity contribution in [3.63, 3.8) is 0 Å². The number of aliphatic carboxylic acids is 1. The van der Waals surface area contributed by atoms with Crippen LogP contribution in [-0.2, 0) is 16.1 Å². The maximum Gasteiger partial charge on any atom is 0.305 e. The molecule has 4 nitrogen and oxygen atoms in total. The van der Waals surface area contributed by atoms with E-state index in [2.05, 4.69) is 24.0 Å². The van der Waals surface area contributed by atoms with Crippen molar-refractivity contribution in [3.05, 3.63) is 21.9 Å². The SMILES string of the molecule is Cc1ccc(CN2CCOCC2CC(=O)O)s1. The standard InChI is InChI=1S/C12H17NO3S/c1-9-2-3-11(17-9)7-13-4-5-16-8-10(13)6-12(14)15/h2-3,10H,4-8H2,1H3,(H,14,15). The van der Waals surface area contributed by atoms with Gasteiger partial charge in [-0.1, -0.05) is 0 Å².